The number of para-hydroxylation sites is 1. The lowest BCUT2D eigenvalue weighted by Crippen LogP contribution is -2.16. The van der Waals surface area contributed by atoms with Crippen LogP contribution in [0.2, 0.25) is 0 Å². The molecular weight excluding hydrogens is 502 g/mol. The van der Waals surface area contributed by atoms with Gasteiger partial charge in [-0.15, -0.1) is 0 Å². The van der Waals surface area contributed by atoms with Crippen LogP contribution in [0.3, 0.4) is 0 Å². The van der Waals surface area contributed by atoms with Crippen LogP contribution >= 0.6 is 0 Å². The largest absolute Gasteiger partial charge is 0.456 e. The Morgan fingerprint density at radius 3 is 2.15 bits per heavy atom. The van der Waals surface area contributed by atoms with Crippen molar-refractivity contribution in [1.82, 2.24) is 0 Å². The Morgan fingerprint density at radius 1 is 0.585 bits per heavy atom. The maximum absolute atomic E-state index is 6.48. The van der Waals surface area contributed by atoms with Crippen LogP contribution in [0.15, 0.2) is 154 Å². The van der Waals surface area contributed by atoms with Crippen molar-refractivity contribution in [3.63, 3.8) is 0 Å². The van der Waals surface area contributed by atoms with Crippen molar-refractivity contribution in [2.75, 3.05) is 0 Å². The van der Waals surface area contributed by atoms with E-state index in [4.69, 9.17) is 20.1 Å². The molecule has 6 aromatic carbocycles. The Hall–Kier alpha value is -5.48. The Kier molecular flexibility index (Phi) is 6.34. The van der Waals surface area contributed by atoms with Crippen LogP contribution in [0, 0.1) is 0 Å². The molecule has 0 aliphatic heterocycles. The number of fused-ring (bicyclic) bond motifs is 4. The Balaban J connectivity index is 1.28. The summed E-state index contributed by atoms with van der Waals surface area (Å²) in [7, 11) is 0. The normalized spacial score (nSPS) is 12.4. The zero-order chi connectivity index (χ0) is 27.6. The molecular formula is C37H27N3O. The summed E-state index contributed by atoms with van der Waals surface area (Å²) in [6, 6.07) is 47.3. The molecule has 7 aromatic rings. The molecule has 0 unspecified atom stereocenters. The van der Waals surface area contributed by atoms with E-state index in [1.807, 2.05) is 60.7 Å². The molecule has 196 valence electrons. The zero-order valence-electron chi connectivity index (χ0n) is 22.4. The number of benzene rings is 6. The van der Waals surface area contributed by atoms with Crippen LogP contribution in [0.25, 0.3) is 43.8 Å². The van der Waals surface area contributed by atoms with E-state index < -0.39 is 0 Å². The second-order valence-corrected chi connectivity index (χ2v) is 10.0. The van der Waals surface area contributed by atoms with Crippen LogP contribution < -0.4 is 5.73 Å². The van der Waals surface area contributed by atoms with Gasteiger partial charge in [-0.05, 0) is 45.7 Å². The van der Waals surface area contributed by atoms with Crippen molar-refractivity contribution in [1.29, 1.82) is 0 Å². The van der Waals surface area contributed by atoms with E-state index in [-0.39, 0.29) is 0 Å². The number of aliphatic imine (C=N–C) groups is 2. The third-order valence-electron chi connectivity index (χ3n) is 7.41. The second kappa shape index (κ2) is 10.6. The van der Waals surface area contributed by atoms with Crippen LogP contribution in [0.4, 0.5) is 0 Å². The van der Waals surface area contributed by atoms with Gasteiger partial charge in [0.25, 0.3) is 0 Å². The molecule has 0 saturated heterocycles. The van der Waals surface area contributed by atoms with Crippen molar-refractivity contribution >= 4 is 44.4 Å². The number of nitrogens with zero attached hydrogens (tertiary/aromatic N) is 2. The van der Waals surface area contributed by atoms with E-state index in [0.29, 0.717) is 18.2 Å². The summed E-state index contributed by atoms with van der Waals surface area (Å²) in [4.78, 5) is 9.84. The number of nitrogens with two attached hydrogens (primary N) is 1. The molecule has 0 aliphatic carbocycles. The van der Waals surface area contributed by atoms with Gasteiger partial charge in [0.2, 0.25) is 0 Å². The van der Waals surface area contributed by atoms with E-state index >= 15 is 0 Å². The molecule has 0 radical (unpaired) electrons. The summed E-state index contributed by atoms with van der Waals surface area (Å²) in [5, 5.41) is 4.62. The molecule has 4 heteroatoms. The van der Waals surface area contributed by atoms with Crippen molar-refractivity contribution in [2.24, 2.45) is 15.7 Å². The first-order valence-corrected chi connectivity index (χ1v) is 13.7. The van der Waals surface area contributed by atoms with Crippen molar-refractivity contribution in [3.8, 4) is 11.1 Å². The number of rotatable bonds is 5. The molecule has 7 rings (SSSR count). The lowest BCUT2D eigenvalue weighted by atomic mass is 10.00. The minimum atomic E-state index is 0.426. The number of amidine groups is 2. The molecule has 0 bridgehead atoms. The Labute approximate surface area is 238 Å². The fourth-order valence-electron chi connectivity index (χ4n) is 5.30. The number of hydrogen-bond donors (Lipinski definition) is 1. The van der Waals surface area contributed by atoms with E-state index in [9.17, 15) is 0 Å². The molecule has 0 fully saturated rings. The lowest BCUT2D eigenvalue weighted by molar-refractivity contribution is 0.668. The predicted molar refractivity (Wildman–Crippen MR) is 171 cm³/mol. The number of furan rings is 1. The molecule has 41 heavy (non-hydrogen) atoms. The zero-order valence-corrected chi connectivity index (χ0v) is 22.4. The maximum atomic E-state index is 6.48. The van der Waals surface area contributed by atoms with E-state index in [1.54, 1.807) is 0 Å². The molecule has 2 N–H and O–H groups in total. The van der Waals surface area contributed by atoms with Gasteiger partial charge in [0.15, 0.2) is 5.84 Å². The first-order chi connectivity index (χ1) is 20.2. The summed E-state index contributed by atoms with van der Waals surface area (Å²) in [5.74, 6) is 1.01. The third kappa shape index (κ3) is 4.88. The highest BCUT2D eigenvalue weighted by atomic mass is 16.3. The molecule has 1 aromatic heterocycles. The van der Waals surface area contributed by atoms with Crippen LogP contribution in [-0.2, 0) is 6.54 Å². The molecule has 4 nitrogen and oxygen atoms in total. The van der Waals surface area contributed by atoms with Gasteiger partial charge in [-0.2, -0.15) is 0 Å². The van der Waals surface area contributed by atoms with E-state index in [2.05, 4.69) is 78.9 Å². The third-order valence-corrected chi connectivity index (χ3v) is 7.41. The van der Waals surface area contributed by atoms with Crippen LogP contribution in [0.1, 0.15) is 16.7 Å². The highest BCUT2D eigenvalue weighted by molar-refractivity contribution is 6.11. The van der Waals surface area contributed by atoms with Crippen LogP contribution in [-0.4, -0.2) is 11.7 Å². The fourth-order valence-corrected chi connectivity index (χ4v) is 5.30. The summed E-state index contributed by atoms with van der Waals surface area (Å²) in [6.07, 6.45) is 0. The van der Waals surface area contributed by atoms with Gasteiger partial charge in [0.1, 0.15) is 17.0 Å². The van der Waals surface area contributed by atoms with Gasteiger partial charge in [-0.1, -0.05) is 121 Å². The average molecular weight is 530 g/mol. The quantitative estimate of drug-likeness (QED) is 0.179. The molecule has 1 heterocycles. The van der Waals surface area contributed by atoms with E-state index in [1.165, 1.54) is 16.3 Å². The molecule has 0 spiro atoms. The van der Waals surface area contributed by atoms with Crippen molar-refractivity contribution in [2.45, 2.75) is 6.54 Å². The maximum Gasteiger partial charge on any atom is 0.157 e. The van der Waals surface area contributed by atoms with Crippen molar-refractivity contribution < 1.29 is 4.42 Å². The van der Waals surface area contributed by atoms with Gasteiger partial charge in [0.05, 0.1) is 6.54 Å². The Morgan fingerprint density at radius 2 is 1.29 bits per heavy atom. The Bertz CT molecular complexity index is 2070. The summed E-state index contributed by atoms with van der Waals surface area (Å²) < 4.78 is 6.09. The molecule has 0 saturated carbocycles. The molecule has 0 amide bonds. The predicted octanol–water partition coefficient (Wildman–Crippen LogP) is 8.76. The van der Waals surface area contributed by atoms with Gasteiger partial charge in [-0.3, -0.25) is 4.99 Å². The molecule has 0 atom stereocenters. The highest BCUT2D eigenvalue weighted by Crippen LogP contribution is 2.32. The van der Waals surface area contributed by atoms with E-state index in [0.717, 1.165) is 44.2 Å². The van der Waals surface area contributed by atoms with Crippen molar-refractivity contribution in [3.05, 3.63) is 156 Å². The first kappa shape index (κ1) is 24.6. The summed E-state index contributed by atoms with van der Waals surface area (Å²) in [6.45, 7) is 0.439. The second-order valence-electron chi connectivity index (χ2n) is 10.0. The minimum Gasteiger partial charge on any atom is -0.456 e. The fraction of sp³-hybridized carbons (Fsp3) is 0.0270. The SMILES string of the molecule is NC(=NC(=NCc1cccc2oc3ccccc3c12)c1ccc(-c2ccc3ccccc3c2)cc1)c1ccccc1. The van der Waals surface area contributed by atoms with Gasteiger partial charge in [0, 0.05) is 21.9 Å². The summed E-state index contributed by atoms with van der Waals surface area (Å²) in [5.41, 5.74) is 13.3. The topological polar surface area (TPSA) is 63.9 Å². The monoisotopic (exact) mass is 529 g/mol. The van der Waals surface area contributed by atoms with Gasteiger partial charge < -0.3 is 10.2 Å². The lowest BCUT2D eigenvalue weighted by Gasteiger charge is -2.08. The van der Waals surface area contributed by atoms with Gasteiger partial charge in [-0.25, -0.2) is 4.99 Å². The highest BCUT2D eigenvalue weighted by Gasteiger charge is 2.12. The smallest absolute Gasteiger partial charge is 0.157 e. The minimum absolute atomic E-state index is 0.426. The van der Waals surface area contributed by atoms with Crippen LogP contribution in [0.5, 0.6) is 0 Å². The number of hydrogen-bond acceptors (Lipinski definition) is 2. The first-order valence-electron chi connectivity index (χ1n) is 13.7. The molecule has 0 aliphatic rings. The summed E-state index contributed by atoms with van der Waals surface area (Å²) >= 11 is 0. The van der Waals surface area contributed by atoms with Gasteiger partial charge >= 0.3 is 0 Å². The standard InChI is InChI=1S/C37H27N3O/c38-36(27-10-2-1-3-11-27)40-37(39-24-31-13-8-16-34-35(31)32-14-6-7-15-33(32)41-34)28-20-17-26(18-21-28)30-22-19-25-9-4-5-12-29(25)23-30/h1-23H,24H2,(H2,38,39,40). The average Bonchev–Trinajstić information content (AvgIpc) is 3.43.